The molecular weight excluding hydrogens is 328 g/mol. The van der Waals surface area contributed by atoms with E-state index in [1.807, 2.05) is 27.7 Å². The first-order valence-electron chi connectivity index (χ1n) is 8.47. The molecule has 136 valence electrons. The second-order valence-electron chi connectivity index (χ2n) is 8.24. The van der Waals surface area contributed by atoms with Gasteiger partial charge in [-0.25, -0.2) is 0 Å². The predicted molar refractivity (Wildman–Crippen MR) is 93.5 cm³/mol. The Labute approximate surface area is 147 Å². The standard InChI is InChI=1S/C17H28N2O4S/c1-11-5-12(16(22)23)8-18(7-11)15(21)13-9-24-10-19(13)14(20)6-17(2,3)4/h11-13H,5-10H2,1-4H3,(H,22,23). The van der Waals surface area contributed by atoms with Gasteiger partial charge in [0.2, 0.25) is 11.8 Å². The average molecular weight is 356 g/mol. The van der Waals surface area contributed by atoms with Gasteiger partial charge in [0.15, 0.2) is 0 Å². The van der Waals surface area contributed by atoms with Crippen LogP contribution >= 0.6 is 11.8 Å². The number of hydrogen-bond donors (Lipinski definition) is 1. The molecular formula is C17H28N2O4S. The largest absolute Gasteiger partial charge is 0.481 e. The topological polar surface area (TPSA) is 77.9 Å². The summed E-state index contributed by atoms with van der Waals surface area (Å²) in [4.78, 5) is 40.1. The lowest BCUT2D eigenvalue weighted by Crippen LogP contribution is -2.54. The number of carboxylic acid groups (broad SMARTS) is 1. The quantitative estimate of drug-likeness (QED) is 0.835. The minimum absolute atomic E-state index is 0.00527. The highest BCUT2D eigenvalue weighted by Gasteiger charge is 2.40. The van der Waals surface area contributed by atoms with Crippen molar-refractivity contribution < 1.29 is 19.5 Å². The first kappa shape index (κ1) is 19.1. The fourth-order valence-electron chi connectivity index (χ4n) is 3.37. The number of piperidine rings is 1. The van der Waals surface area contributed by atoms with Gasteiger partial charge in [-0.05, 0) is 17.8 Å². The molecule has 2 fully saturated rings. The van der Waals surface area contributed by atoms with Crippen LogP contribution < -0.4 is 0 Å². The van der Waals surface area contributed by atoms with E-state index in [1.54, 1.807) is 21.6 Å². The number of aliphatic carboxylic acids is 1. The van der Waals surface area contributed by atoms with Crippen LogP contribution in [0.4, 0.5) is 0 Å². The Hall–Kier alpha value is -1.24. The fourth-order valence-corrected chi connectivity index (χ4v) is 4.54. The minimum atomic E-state index is -0.846. The highest BCUT2D eigenvalue weighted by atomic mass is 32.2. The Morgan fingerprint density at radius 3 is 2.46 bits per heavy atom. The van der Waals surface area contributed by atoms with Crippen molar-refractivity contribution in [2.75, 3.05) is 24.7 Å². The molecule has 2 saturated heterocycles. The van der Waals surface area contributed by atoms with E-state index in [1.165, 1.54) is 0 Å². The molecule has 2 amide bonds. The number of nitrogens with zero attached hydrogens (tertiary/aromatic N) is 2. The van der Waals surface area contributed by atoms with Crippen molar-refractivity contribution in [1.29, 1.82) is 0 Å². The Balaban J connectivity index is 2.07. The van der Waals surface area contributed by atoms with Crippen LogP contribution in [0, 0.1) is 17.3 Å². The van der Waals surface area contributed by atoms with E-state index in [2.05, 4.69) is 0 Å². The van der Waals surface area contributed by atoms with Crippen LogP contribution in [0.2, 0.25) is 0 Å². The molecule has 3 atom stereocenters. The number of thioether (sulfide) groups is 1. The highest BCUT2D eigenvalue weighted by molar-refractivity contribution is 7.99. The van der Waals surface area contributed by atoms with Gasteiger partial charge in [-0.3, -0.25) is 14.4 Å². The summed E-state index contributed by atoms with van der Waals surface area (Å²) in [5.41, 5.74) is -0.119. The van der Waals surface area contributed by atoms with Crippen LogP contribution in [-0.2, 0) is 14.4 Å². The number of likely N-dealkylation sites (tertiary alicyclic amines) is 1. The molecule has 2 heterocycles. The molecule has 3 unspecified atom stereocenters. The van der Waals surface area contributed by atoms with Gasteiger partial charge in [-0.15, -0.1) is 11.8 Å². The molecule has 0 aromatic rings. The lowest BCUT2D eigenvalue weighted by molar-refractivity contribution is -0.151. The molecule has 0 bridgehead atoms. The van der Waals surface area contributed by atoms with Gasteiger partial charge in [0.05, 0.1) is 11.8 Å². The summed E-state index contributed by atoms with van der Waals surface area (Å²) in [5.74, 6) is -0.150. The Morgan fingerprint density at radius 2 is 1.88 bits per heavy atom. The van der Waals surface area contributed by atoms with Gasteiger partial charge < -0.3 is 14.9 Å². The van der Waals surface area contributed by atoms with Crippen LogP contribution in [0.25, 0.3) is 0 Å². The van der Waals surface area contributed by atoms with E-state index in [0.717, 1.165) is 0 Å². The van der Waals surface area contributed by atoms with Gasteiger partial charge >= 0.3 is 5.97 Å². The summed E-state index contributed by atoms with van der Waals surface area (Å²) in [5, 5.41) is 9.28. The van der Waals surface area contributed by atoms with Gasteiger partial charge in [0.1, 0.15) is 6.04 Å². The normalized spacial score (nSPS) is 28.1. The third-order valence-electron chi connectivity index (χ3n) is 4.49. The first-order valence-corrected chi connectivity index (χ1v) is 9.63. The number of rotatable bonds is 3. The third kappa shape index (κ3) is 4.65. The van der Waals surface area contributed by atoms with Crippen LogP contribution in [0.1, 0.15) is 40.5 Å². The molecule has 6 nitrogen and oxygen atoms in total. The van der Waals surface area contributed by atoms with Crippen molar-refractivity contribution in [3.8, 4) is 0 Å². The van der Waals surface area contributed by atoms with Crippen LogP contribution in [-0.4, -0.2) is 63.5 Å². The summed E-state index contributed by atoms with van der Waals surface area (Å²) in [6, 6.07) is -0.454. The Morgan fingerprint density at radius 1 is 1.21 bits per heavy atom. The Bertz CT molecular complexity index is 517. The number of hydrogen-bond acceptors (Lipinski definition) is 4. The van der Waals surface area contributed by atoms with Crippen molar-refractivity contribution in [3.63, 3.8) is 0 Å². The van der Waals surface area contributed by atoms with E-state index < -0.39 is 17.9 Å². The monoisotopic (exact) mass is 356 g/mol. The smallest absolute Gasteiger partial charge is 0.308 e. The average Bonchev–Trinajstić information content (AvgIpc) is 2.93. The van der Waals surface area contributed by atoms with Gasteiger partial charge in [-0.2, -0.15) is 0 Å². The van der Waals surface area contributed by atoms with Gasteiger partial charge in [-0.1, -0.05) is 27.7 Å². The highest BCUT2D eigenvalue weighted by Crippen LogP contribution is 2.29. The summed E-state index contributed by atoms with van der Waals surface area (Å²) in [6.45, 7) is 8.82. The third-order valence-corrected chi connectivity index (χ3v) is 5.50. The molecule has 0 saturated carbocycles. The molecule has 7 heteroatoms. The van der Waals surface area contributed by atoms with Crippen LogP contribution in [0.3, 0.4) is 0 Å². The maximum Gasteiger partial charge on any atom is 0.308 e. The minimum Gasteiger partial charge on any atom is -0.481 e. The van der Waals surface area contributed by atoms with Crippen molar-refractivity contribution in [2.45, 2.75) is 46.6 Å². The number of amides is 2. The SMILES string of the molecule is CC1CC(C(=O)O)CN(C(=O)C2CSCN2C(=O)CC(C)(C)C)C1. The zero-order valence-corrected chi connectivity index (χ0v) is 15.8. The lowest BCUT2D eigenvalue weighted by Gasteiger charge is -2.37. The van der Waals surface area contributed by atoms with E-state index in [4.69, 9.17) is 0 Å². The number of carboxylic acids is 1. The summed E-state index contributed by atoms with van der Waals surface area (Å²) in [6.07, 6.45) is 1.01. The maximum atomic E-state index is 12.9. The molecule has 0 radical (unpaired) electrons. The summed E-state index contributed by atoms with van der Waals surface area (Å²) in [7, 11) is 0. The molecule has 0 aliphatic carbocycles. The molecule has 1 N–H and O–H groups in total. The van der Waals surface area contributed by atoms with E-state index in [-0.39, 0.29) is 29.7 Å². The summed E-state index contributed by atoms with van der Waals surface area (Å²) < 4.78 is 0. The zero-order chi connectivity index (χ0) is 18.1. The number of carbonyl (C=O) groups is 3. The zero-order valence-electron chi connectivity index (χ0n) is 14.9. The second-order valence-corrected chi connectivity index (χ2v) is 9.24. The summed E-state index contributed by atoms with van der Waals surface area (Å²) >= 11 is 1.59. The molecule has 0 aromatic carbocycles. The lowest BCUT2D eigenvalue weighted by atomic mass is 9.90. The molecule has 0 spiro atoms. The van der Waals surface area contributed by atoms with Crippen LogP contribution in [0.15, 0.2) is 0 Å². The van der Waals surface area contributed by atoms with Gasteiger partial charge in [0.25, 0.3) is 0 Å². The van der Waals surface area contributed by atoms with E-state index >= 15 is 0 Å². The van der Waals surface area contributed by atoms with Crippen molar-refractivity contribution in [3.05, 3.63) is 0 Å². The van der Waals surface area contributed by atoms with E-state index in [0.29, 0.717) is 31.0 Å². The predicted octanol–water partition coefficient (Wildman–Crippen LogP) is 1.89. The number of carbonyl (C=O) groups excluding carboxylic acids is 2. The van der Waals surface area contributed by atoms with Crippen molar-refractivity contribution >= 4 is 29.5 Å². The second kappa shape index (κ2) is 7.33. The molecule has 0 aromatic heterocycles. The van der Waals surface area contributed by atoms with Crippen molar-refractivity contribution in [2.24, 2.45) is 17.3 Å². The van der Waals surface area contributed by atoms with Gasteiger partial charge in [0, 0.05) is 25.3 Å². The molecule has 2 aliphatic heterocycles. The molecule has 2 aliphatic rings. The Kier molecular flexibility index (Phi) is 5.83. The first-order chi connectivity index (χ1) is 11.1. The molecule has 2 rings (SSSR count). The maximum absolute atomic E-state index is 12.9. The fraction of sp³-hybridized carbons (Fsp3) is 0.824. The molecule has 24 heavy (non-hydrogen) atoms. The van der Waals surface area contributed by atoms with Crippen LogP contribution in [0.5, 0.6) is 0 Å². The van der Waals surface area contributed by atoms with Crippen molar-refractivity contribution in [1.82, 2.24) is 9.80 Å². The van der Waals surface area contributed by atoms with E-state index in [9.17, 15) is 19.5 Å².